The zero-order valence-electron chi connectivity index (χ0n) is 11.6. The largest absolute Gasteiger partial charge is 0.464 e. The summed E-state index contributed by atoms with van der Waals surface area (Å²) < 4.78 is 11.5. The van der Waals surface area contributed by atoms with Crippen molar-refractivity contribution in [2.24, 2.45) is 5.92 Å². The van der Waals surface area contributed by atoms with Crippen LogP contribution in [-0.2, 0) is 17.9 Å². The second-order valence-corrected chi connectivity index (χ2v) is 5.24. The van der Waals surface area contributed by atoms with Gasteiger partial charge in [-0.15, -0.1) is 0 Å². The summed E-state index contributed by atoms with van der Waals surface area (Å²) in [5.74, 6) is 2.75. The van der Waals surface area contributed by atoms with Crippen LogP contribution in [0.3, 0.4) is 0 Å². The van der Waals surface area contributed by atoms with Gasteiger partial charge in [0.2, 0.25) is 0 Å². The Morgan fingerprint density at radius 1 is 1.39 bits per heavy atom. The lowest BCUT2D eigenvalue weighted by molar-refractivity contribution is 0.0767. The summed E-state index contributed by atoms with van der Waals surface area (Å²) in [7, 11) is 0. The molecule has 0 spiro atoms. The van der Waals surface area contributed by atoms with Gasteiger partial charge in [-0.1, -0.05) is 19.8 Å². The minimum absolute atomic E-state index is 0.615. The normalized spacial score (nSPS) is 16.6. The van der Waals surface area contributed by atoms with E-state index in [-0.39, 0.29) is 0 Å². The van der Waals surface area contributed by atoms with Gasteiger partial charge in [0.1, 0.15) is 18.1 Å². The quantitative estimate of drug-likeness (QED) is 0.806. The molecule has 1 aromatic rings. The van der Waals surface area contributed by atoms with Crippen LogP contribution >= 0.6 is 0 Å². The van der Waals surface area contributed by atoms with Crippen LogP contribution in [0, 0.1) is 12.8 Å². The van der Waals surface area contributed by atoms with Crippen LogP contribution in [0.5, 0.6) is 0 Å². The van der Waals surface area contributed by atoms with E-state index in [1.165, 1.54) is 31.2 Å². The van der Waals surface area contributed by atoms with Gasteiger partial charge in [-0.2, -0.15) is 0 Å². The van der Waals surface area contributed by atoms with Crippen molar-refractivity contribution in [3.63, 3.8) is 0 Å². The van der Waals surface area contributed by atoms with Crippen LogP contribution in [0.2, 0.25) is 0 Å². The van der Waals surface area contributed by atoms with Crippen molar-refractivity contribution in [2.75, 3.05) is 13.2 Å². The number of furan rings is 1. The first-order chi connectivity index (χ1) is 8.79. The van der Waals surface area contributed by atoms with Crippen LogP contribution in [0.1, 0.15) is 49.7 Å². The Labute approximate surface area is 110 Å². The Bertz CT molecular complexity index is 353. The Balaban J connectivity index is 1.74. The molecule has 0 amide bonds. The molecule has 1 saturated carbocycles. The summed E-state index contributed by atoms with van der Waals surface area (Å²) >= 11 is 0. The average Bonchev–Trinajstić information content (AvgIpc) is 2.97. The van der Waals surface area contributed by atoms with E-state index < -0.39 is 0 Å². The molecule has 18 heavy (non-hydrogen) atoms. The molecule has 0 radical (unpaired) electrons. The highest BCUT2D eigenvalue weighted by Gasteiger charge is 2.15. The van der Waals surface area contributed by atoms with Crippen molar-refractivity contribution in [1.29, 1.82) is 0 Å². The van der Waals surface area contributed by atoms with Gasteiger partial charge < -0.3 is 14.5 Å². The van der Waals surface area contributed by atoms with E-state index in [1.807, 2.05) is 6.92 Å². The Morgan fingerprint density at radius 2 is 2.17 bits per heavy atom. The van der Waals surface area contributed by atoms with E-state index in [4.69, 9.17) is 9.15 Å². The molecule has 1 heterocycles. The molecular weight excluding hydrogens is 226 g/mol. The van der Waals surface area contributed by atoms with Crippen molar-refractivity contribution in [2.45, 2.75) is 52.7 Å². The van der Waals surface area contributed by atoms with Gasteiger partial charge in [0.05, 0.1) is 0 Å². The number of nitrogens with one attached hydrogen (secondary N) is 1. The maximum atomic E-state index is 5.76. The third-order valence-electron chi connectivity index (χ3n) is 3.71. The van der Waals surface area contributed by atoms with Crippen LogP contribution < -0.4 is 5.32 Å². The summed E-state index contributed by atoms with van der Waals surface area (Å²) in [4.78, 5) is 0. The molecule has 3 heteroatoms. The van der Waals surface area contributed by atoms with E-state index in [9.17, 15) is 0 Å². The van der Waals surface area contributed by atoms with Crippen LogP contribution in [0.15, 0.2) is 10.5 Å². The molecular formula is C15H25NO2. The first-order valence-electron chi connectivity index (χ1n) is 7.16. The van der Waals surface area contributed by atoms with Gasteiger partial charge in [-0.3, -0.25) is 0 Å². The Morgan fingerprint density at radius 3 is 2.89 bits per heavy atom. The number of hydrogen-bond acceptors (Lipinski definition) is 3. The molecule has 3 nitrogen and oxygen atoms in total. The number of aryl methyl sites for hydroxylation is 1. The lowest BCUT2D eigenvalue weighted by Gasteiger charge is -2.08. The Hall–Kier alpha value is -0.800. The Kier molecular flexibility index (Phi) is 5.26. The van der Waals surface area contributed by atoms with E-state index in [0.29, 0.717) is 6.61 Å². The summed E-state index contributed by atoms with van der Waals surface area (Å²) in [6.07, 6.45) is 5.42. The molecule has 0 bridgehead atoms. The maximum absolute atomic E-state index is 5.76. The molecule has 2 rings (SSSR count). The average molecular weight is 251 g/mol. The molecule has 1 aliphatic carbocycles. The predicted molar refractivity (Wildman–Crippen MR) is 72.4 cm³/mol. The lowest BCUT2D eigenvalue weighted by atomic mass is 10.1. The molecule has 102 valence electrons. The molecule has 1 N–H and O–H groups in total. The first-order valence-corrected chi connectivity index (χ1v) is 7.16. The fourth-order valence-corrected chi connectivity index (χ4v) is 2.60. The smallest absolute Gasteiger partial charge is 0.130 e. The minimum Gasteiger partial charge on any atom is -0.464 e. The molecule has 1 aromatic heterocycles. The fraction of sp³-hybridized carbons (Fsp3) is 0.733. The standard InChI is InChI=1S/C15H25NO2/c1-3-16-9-14-8-15(18-12(14)2)11-17-10-13-6-4-5-7-13/h8,13,16H,3-7,9-11H2,1-2H3. The van der Waals surface area contributed by atoms with Crippen molar-refractivity contribution in [3.8, 4) is 0 Å². The third kappa shape index (κ3) is 3.85. The number of hydrogen-bond donors (Lipinski definition) is 1. The monoisotopic (exact) mass is 251 g/mol. The molecule has 0 saturated heterocycles. The number of ether oxygens (including phenoxy) is 1. The highest BCUT2D eigenvalue weighted by molar-refractivity contribution is 5.20. The van der Waals surface area contributed by atoms with Crippen molar-refractivity contribution in [3.05, 3.63) is 23.2 Å². The second kappa shape index (κ2) is 6.95. The van der Waals surface area contributed by atoms with Gasteiger partial charge in [-0.05, 0) is 38.3 Å². The van der Waals surface area contributed by atoms with Crippen LogP contribution in [0.25, 0.3) is 0 Å². The maximum Gasteiger partial charge on any atom is 0.130 e. The lowest BCUT2D eigenvalue weighted by Crippen LogP contribution is -2.11. The van der Waals surface area contributed by atoms with Crippen LogP contribution in [-0.4, -0.2) is 13.2 Å². The predicted octanol–water partition coefficient (Wildman–Crippen LogP) is 3.40. The summed E-state index contributed by atoms with van der Waals surface area (Å²) in [5, 5.41) is 3.32. The summed E-state index contributed by atoms with van der Waals surface area (Å²) in [6.45, 7) is 7.51. The number of rotatable bonds is 7. The fourth-order valence-electron chi connectivity index (χ4n) is 2.60. The minimum atomic E-state index is 0.615. The molecule has 0 atom stereocenters. The summed E-state index contributed by atoms with van der Waals surface area (Å²) in [6, 6.07) is 2.12. The van der Waals surface area contributed by atoms with E-state index in [2.05, 4.69) is 18.3 Å². The highest BCUT2D eigenvalue weighted by Crippen LogP contribution is 2.25. The van der Waals surface area contributed by atoms with Gasteiger partial charge in [-0.25, -0.2) is 0 Å². The van der Waals surface area contributed by atoms with Crippen LogP contribution in [0.4, 0.5) is 0 Å². The third-order valence-corrected chi connectivity index (χ3v) is 3.71. The van der Waals surface area contributed by atoms with Gasteiger partial charge in [0, 0.05) is 18.7 Å². The summed E-state index contributed by atoms with van der Waals surface area (Å²) in [5.41, 5.74) is 1.25. The zero-order chi connectivity index (χ0) is 12.8. The first kappa shape index (κ1) is 13.6. The van der Waals surface area contributed by atoms with Gasteiger partial charge >= 0.3 is 0 Å². The topological polar surface area (TPSA) is 34.4 Å². The van der Waals surface area contributed by atoms with Crippen molar-refractivity contribution >= 4 is 0 Å². The van der Waals surface area contributed by atoms with Gasteiger partial charge in [0.15, 0.2) is 0 Å². The molecule has 0 aliphatic heterocycles. The van der Waals surface area contributed by atoms with Crippen molar-refractivity contribution in [1.82, 2.24) is 5.32 Å². The molecule has 1 aliphatic rings. The SMILES string of the molecule is CCNCc1cc(COCC2CCCC2)oc1C. The second-order valence-electron chi connectivity index (χ2n) is 5.24. The molecule has 1 fully saturated rings. The van der Waals surface area contributed by atoms with E-state index >= 15 is 0 Å². The molecule has 0 aromatic carbocycles. The highest BCUT2D eigenvalue weighted by atomic mass is 16.5. The zero-order valence-corrected chi connectivity index (χ0v) is 11.6. The van der Waals surface area contributed by atoms with Gasteiger partial charge in [0.25, 0.3) is 0 Å². The van der Waals surface area contributed by atoms with Crippen molar-refractivity contribution < 1.29 is 9.15 Å². The van der Waals surface area contributed by atoms with E-state index in [0.717, 1.165) is 37.1 Å². The van der Waals surface area contributed by atoms with E-state index in [1.54, 1.807) is 0 Å². The molecule has 0 unspecified atom stereocenters.